The fourth-order valence-corrected chi connectivity index (χ4v) is 5.30. The van der Waals surface area contributed by atoms with E-state index in [4.69, 9.17) is 9.05 Å². The fourth-order valence-electron chi connectivity index (χ4n) is 3.21. The second-order valence-corrected chi connectivity index (χ2v) is 8.88. The molecule has 1 amide bonds. The van der Waals surface area contributed by atoms with Gasteiger partial charge in [0.25, 0.3) is 0 Å². The van der Waals surface area contributed by atoms with Crippen LogP contribution in [0.25, 0.3) is 0 Å². The molecule has 0 N–H and O–H groups in total. The summed E-state index contributed by atoms with van der Waals surface area (Å²) in [5, 5.41) is 0. The van der Waals surface area contributed by atoms with E-state index in [-0.39, 0.29) is 19.1 Å². The number of unbranched alkanes of at least 4 members (excludes halogenated alkanes) is 7. The van der Waals surface area contributed by atoms with Crippen molar-refractivity contribution in [2.45, 2.75) is 98.1 Å². The molecule has 0 heterocycles. The lowest BCUT2D eigenvalue weighted by molar-refractivity contribution is -0.131. The van der Waals surface area contributed by atoms with Gasteiger partial charge in [0.05, 0.1) is 13.2 Å². The van der Waals surface area contributed by atoms with E-state index in [1.165, 1.54) is 38.5 Å². The molecule has 1 unspecified atom stereocenters. The molecule has 0 aromatic heterocycles. The maximum atomic E-state index is 13.2. The van der Waals surface area contributed by atoms with Crippen LogP contribution in [0.15, 0.2) is 0 Å². The molecule has 0 aliphatic carbocycles. The Kier molecular flexibility index (Phi) is 15.4. The molecule has 0 bridgehead atoms. The van der Waals surface area contributed by atoms with Crippen molar-refractivity contribution in [2.75, 3.05) is 26.3 Å². The molecule has 5 nitrogen and oxygen atoms in total. The molecule has 156 valence electrons. The van der Waals surface area contributed by atoms with Crippen molar-refractivity contribution in [3.05, 3.63) is 0 Å². The van der Waals surface area contributed by atoms with Crippen LogP contribution in [-0.2, 0) is 18.4 Å². The predicted molar refractivity (Wildman–Crippen MR) is 110 cm³/mol. The van der Waals surface area contributed by atoms with Crippen LogP contribution in [0, 0.1) is 0 Å². The Hall–Kier alpha value is -0.380. The first-order chi connectivity index (χ1) is 12.5. The number of nitrogens with zero attached hydrogens (tertiary/aromatic N) is 1. The quantitative estimate of drug-likeness (QED) is 0.225. The van der Waals surface area contributed by atoms with Gasteiger partial charge in [-0.1, -0.05) is 58.3 Å². The van der Waals surface area contributed by atoms with E-state index >= 15 is 0 Å². The van der Waals surface area contributed by atoms with Crippen LogP contribution in [0.5, 0.6) is 0 Å². The van der Waals surface area contributed by atoms with E-state index in [1.54, 1.807) is 18.7 Å². The molecule has 0 aromatic carbocycles. The van der Waals surface area contributed by atoms with Crippen LogP contribution in [0.4, 0.5) is 0 Å². The lowest BCUT2D eigenvalue weighted by Gasteiger charge is -2.30. The summed E-state index contributed by atoms with van der Waals surface area (Å²) in [5.41, 5.74) is -0.678. The van der Waals surface area contributed by atoms with Crippen LogP contribution in [0.1, 0.15) is 92.4 Å². The third-order valence-corrected chi connectivity index (χ3v) is 7.17. The Labute approximate surface area is 161 Å². The zero-order valence-corrected chi connectivity index (χ0v) is 18.7. The van der Waals surface area contributed by atoms with Crippen LogP contribution >= 0.6 is 7.60 Å². The van der Waals surface area contributed by atoms with Crippen molar-refractivity contribution >= 4 is 13.5 Å². The van der Waals surface area contributed by atoms with Crippen molar-refractivity contribution in [1.82, 2.24) is 4.90 Å². The first-order valence-corrected chi connectivity index (χ1v) is 12.3. The van der Waals surface area contributed by atoms with E-state index < -0.39 is 13.3 Å². The van der Waals surface area contributed by atoms with Crippen molar-refractivity contribution in [1.29, 1.82) is 0 Å². The van der Waals surface area contributed by atoms with E-state index in [0.29, 0.717) is 19.5 Å². The standard InChI is InChI=1S/C20H42NO4P/c1-6-11-12-13-14-15-16-17-18-19(20(22)21(7-2)8-3)26(23,24-9-4)25-10-5/h19H,6-18H2,1-5H3. The highest BCUT2D eigenvalue weighted by Crippen LogP contribution is 2.55. The fraction of sp³-hybridized carbons (Fsp3) is 0.950. The van der Waals surface area contributed by atoms with Gasteiger partial charge in [-0.25, -0.2) is 0 Å². The van der Waals surface area contributed by atoms with E-state index in [9.17, 15) is 9.36 Å². The molecular formula is C20H42NO4P. The van der Waals surface area contributed by atoms with Gasteiger partial charge in [0.15, 0.2) is 0 Å². The Balaban J connectivity index is 4.78. The van der Waals surface area contributed by atoms with Crippen LogP contribution in [0.2, 0.25) is 0 Å². The molecule has 0 aliphatic rings. The second-order valence-electron chi connectivity index (χ2n) is 6.67. The highest BCUT2D eigenvalue weighted by atomic mass is 31.2. The highest BCUT2D eigenvalue weighted by molar-refractivity contribution is 7.55. The molecule has 0 saturated carbocycles. The Morgan fingerprint density at radius 2 is 1.27 bits per heavy atom. The normalized spacial score (nSPS) is 13.0. The first kappa shape index (κ1) is 25.6. The van der Waals surface area contributed by atoms with Gasteiger partial charge in [-0.05, 0) is 34.1 Å². The third-order valence-electron chi connectivity index (χ3n) is 4.69. The van der Waals surface area contributed by atoms with Gasteiger partial charge < -0.3 is 13.9 Å². The monoisotopic (exact) mass is 391 g/mol. The van der Waals surface area contributed by atoms with Gasteiger partial charge in [0, 0.05) is 13.1 Å². The van der Waals surface area contributed by atoms with Crippen molar-refractivity contribution < 1.29 is 18.4 Å². The second kappa shape index (κ2) is 15.7. The summed E-state index contributed by atoms with van der Waals surface area (Å²) >= 11 is 0. The summed E-state index contributed by atoms with van der Waals surface area (Å²) in [5.74, 6) is -0.0943. The van der Waals surface area contributed by atoms with Crippen molar-refractivity contribution in [3.63, 3.8) is 0 Å². The number of carbonyl (C=O) groups excluding carboxylic acids is 1. The molecular weight excluding hydrogens is 349 g/mol. The summed E-state index contributed by atoms with van der Waals surface area (Å²) in [6.45, 7) is 11.5. The summed E-state index contributed by atoms with van der Waals surface area (Å²) in [7, 11) is -3.43. The predicted octanol–water partition coefficient (Wildman–Crippen LogP) is 6.02. The van der Waals surface area contributed by atoms with Crippen molar-refractivity contribution in [3.8, 4) is 0 Å². The van der Waals surface area contributed by atoms with Gasteiger partial charge in [0.2, 0.25) is 5.91 Å². The molecule has 0 saturated heterocycles. The Morgan fingerprint density at radius 3 is 1.69 bits per heavy atom. The van der Waals surface area contributed by atoms with Gasteiger partial charge >= 0.3 is 7.60 Å². The van der Waals surface area contributed by atoms with Crippen LogP contribution in [0.3, 0.4) is 0 Å². The molecule has 0 spiro atoms. The smallest absolute Gasteiger partial charge is 0.342 e. The van der Waals surface area contributed by atoms with Gasteiger partial charge in [0.1, 0.15) is 5.66 Å². The minimum atomic E-state index is -3.43. The minimum Gasteiger partial charge on any atom is -0.342 e. The maximum Gasteiger partial charge on any atom is 0.343 e. The third kappa shape index (κ3) is 9.53. The lowest BCUT2D eigenvalue weighted by Crippen LogP contribution is -2.39. The molecule has 0 aromatic rings. The van der Waals surface area contributed by atoms with Gasteiger partial charge in [-0.2, -0.15) is 0 Å². The zero-order valence-electron chi connectivity index (χ0n) is 17.8. The molecule has 26 heavy (non-hydrogen) atoms. The SMILES string of the molecule is CCCCCCCCCCC(C(=O)N(CC)CC)P(=O)(OCC)OCC. The highest BCUT2D eigenvalue weighted by Gasteiger charge is 2.41. The Bertz CT molecular complexity index is 389. The molecule has 0 radical (unpaired) electrons. The largest absolute Gasteiger partial charge is 0.343 e. The van der Waals surface area contributed by atoms with E-state index in [0.717, 1.165) is 12.8 Å². The van der Waals surface area contributed by atoms with Gasteiger partial charge in [-0.15, -0.1) is 0 Å². The summed E-state index contributed by atoms with van der Waals surface area (Å²) in [4.78, 5) is 14.7. The number of rotatable bonds is 17. The topological polar surface area (TPSA) is 55.8 Å². The molecule has 1 atom stereocenters. The number of hydrogen-bond acceptors (Lipinski definition) is 4. The van der Waals surface area contributed by atoms with E-state index in [1.807, 2.05) is 13.8 Å². The first-order valence-electron chi connectivity index (χ1n) is 10.7. The van der Waals surface area contributed by atoms with Gasteiger partial charge in [-0.3, -0.25) is 9.36 Å². The summed E-state index contributed by atoms with van der Waals surface area (Å²) in [6.07, 6.45) is 10.1. The number of amides is 1. The van der Waals surface area contributed by atoms with E-state index in [2.05, 4.69) is 6.92 Å². The summed E-state index contributed by atoms with van der Waals surface area (Å²) < 4.78 is 24.2. The molecule has 0 rings (SSSR count). The number of hydrogen-bond donors (Lipinski definition) is 0. The van der Waals surface area contributed by atoms with Crippen molar-refractivity contribution in [2.24, 2.45) is 0 Å². The number of carbonyl (C=O) groups is 1. The molecule has 0 aliphatic heterocycles. The minimum absolute atomic E-state index is 0.0943. The lowest BCUT2D eigenvalue weighted by atomic mass is 10.1. The molecule has 0 fully saturated rings. The zero-order chi connectivity index (χ0) is 19.8. The van der Waals surface area contributed by atoms with Crippen LogP contribution < -0.4 is 0 Å². The molecule has 6 heteroatoms. The average molecular weight is 392 g/mol. The maximum absolute atomic E-state index is 13.2. The average Bonchev–Trinajstić information content (AvgIpc) is 2.61. The Morgan fingerprint density at radius 1 is 0.808 bits per heavy atom. The summed E-state index contributed by atoms with van der Waals surface area (Å²) in [6, 6.07) is 0. The van der Waals surface area contributed by atoms with Crippen LogP contribution in [-0.4, -0.2) is 42.8 Å².